The first-order chi connectivity index (χ1) is 9.99. The van der Waals surface area contributed by atoms with Crippen LogP contribution in [0, 0.1) is 0 Å². The van der Waals surface area contributed by atoms with Crippen LogP contribution in [0.2, 0.25) is 0 Å². The number of carboxylic acid groups (broad SMARTS) is 1. The molecular weight excluding hydrogens is 270 g/mol. The molecule has 1 aromatic carbocycles. The van der Waals surface area contributed by atoms with Crippen LogP contribution in [-0.4, -0.2) is 59.6 Å². The van der Waals surface area contributed by atoms with Gasteiger partial charge >= 0.3 is 12.0 Å². The Morgan fingerprint density at radius 2 is 1.95 bits per heavy atom. The molecule has 0 aromatic heterocycles. The van der Waals surface area contributed by atoms with E-state index in [1.54, 1.807) is 29.2 Å². The number of carbonyl (C=O) groups excluding carboxylic acids is 1. The number of nitrogens with one attached hydrogen (secondary N) is 1. The van der Waals surface area contributed by atoms with Crippen LogP contribution in [0.15, 0.2) is 30.3 Å². The number of carboxylic acids is 1. The first kappa shape index (κ1) is 15.3. The van der Waals surface area contributed by atoms with Gasteiger partial charge in [0, 0.05) is 25.7 Å². The zero-order valence-electron chi connectivity index (χ0n) is 12.3. The molecule has 2 N–H and O–H groups in total. The molecule has 0 bridgehead atoms. The van der Waals surface area contributed by atoms with Crippen LogP contribution in [0.3, 0.4) is 0 Å². The first-order valence-corrected chi connectivity index (χ1v) is 7.02. The summed E-state index contributed by atoms with van der Waals surface area (Å²) >= 11 is 0. The molecule has 2 rings (SSSR count). The van der Waals surface area contributed by atoms with Crippen LogP contribution in [0.5, 0.6) is 0 Å². The van der Waals surface area contributed by atoms with Gasteiger partial charge in [0.2, 0.25) is 0 Å². The van der Waals surface area contributed by atoms with E-state index in [2.05, 4.69) is 10.2 Å². The Bertz CT molecular complexity index is 506. The van der Waals surface area contributed by atoms with Gasteiger partial charge in [-0.2, -0.15) is 0 Å². The van der Waals surface area contributed by atoms with E-state index >= 15 is 0 Å². The van der Waals surface area contributed by atoms with Crippen molar-refractivity contribution >= 4 is 12.0 Å². The highest BCUT2D eigenvalue weighted by atomic mass is 16.4. The fourth-order valence-electron chi connectivity index (χ4n) is 2.58. The zero-order chi connectivity index (χ0) is 15.4. The molecule has 0 radical (unpaired) electrons. The molecule has 6 heteroatoms. The van der Waals surface area contributed by atoms with E-state index in [-0.39, 0.29) is 12.1 Å². The maximum absolute atomic E-state index is 12.3. The number of hydrogen-bond donors (Lipinski definition) is 2. The van der Waals surface area contributed by atoms with E-state index in [4.69, 9.17) is 0 Å². The van der Waals surface area contributed by atoms with Gasteiger partial charge in [-0.15, -0.1) is 0 Å². The van der Waals surface area contributed by atoms with Crippen molar-refractivity contribution in [3.8, 4) is 0 Å². The number of carbonyl (C=O) groups is 2. The van der Waals surface area contributed by atoms with Crippen molar-refractivity contribution in [3.63, 3.8) is 0 Å². The third-order valence-electron chi connectivity index (χ3n) is 3.74. The summed E-state index contributed by atoms with van der Waals surface area (Å²) in [6.45, 7) is 4.15. The second kappa shape index (κ2) is 6.58. The summed E-state index contributed by atoms with van der Waals surface area (Å²) in [6.07, 6.45) is 0. The van der Waals surface area contributed by atoms with Gasteiger partial charge in [0.15, 0.2) is 6.04 Å². The highest BCUT2D eigenvalue weighted by Crippen LogP contribution is 2.15. The maximum atomic E-state index is 12.3. The molecule has 2 atom stereocenters. The van der Waals surface area contributed by atoms with Gasteiger partial charge < -0.3 is 20.2 Å². The molecule has 1 saturated heterocycles. The second-order valence-electron chi connectivity index (χ2n) is 5.44. The van der Waals surface area contributed by atoms with Crippen LogP contribution < -0.4 is 5.32 Å². The van der Waals surface area contributed by atoms with Crippen molar-refractivity contribution in [2.75, 3.05) is 26.7 Å². The largest absolute Gasteiger partial charge is 0.479 e. The van der Waals surface area contributed by atoms with Crippen molar-refractivity contribution in [1.29, 1.82) is 0 Å². The summed E-state index contributed by atoms with van der Waals surface area (Å²) in [5, 5.41) is 12.0. The molecule has 2 amide bonds. The predicted molar refractivity (Wildman–Crippen MR) is 79.0 cm³/mol. The maximum Gasteiger partial charge on any atom is 0.330 e. The predicted octanol–water partition coefficient (Wildman–Crippen LogP) is 1.16. The third kappa shape index (κ3) is 3.72. The van der Waals surface area contributed by atoms with Gasteiger partial charge in [0.25, 0.3) is 0 Å². The second-order valence-corrected chi connectivity index (χ2v) is 5.44. The highest BCUT2D eigenvalue weighted by Gasteiger charge is 2.29. The first-order valence-electron chi connectivity index (χ1n) is 7.02. The van der Waals surface area contributed by atoms with E-state index < -0.39 is 12.0 Å². The number of hydrogen-bond acceptors (Lipinski definition) is 3. The molecule has 2 unspecified atom stereocenters. The molecule has 0 saturated carbocycles. The number of urea groups is 1. The van der Waals surface area contributed by atoms with Gasteiger partial charge in [0.1, 0.15) is 0 Å². The molecule has 1 aliphatic heterocycles. The van der Waals surface area contributed by atoms with Gasteiger partial charge in [-0.05, 0) is 19.5 Å². The Kier molecular flexibility index (Phi) is 4.80. The SMILES string of the molecule is CC1CN(C)CCN1C(=O)NC(C(=O)O)c1ccccc1. The van der Waals surface area contributed by atoms with Gasteiger partial charge in [0.05, 0.1) is 0 Å². The highest BCUT2D eigenvalue weighted by molar-refractivity contribution is 5.83. The number of amides is 2. The molecule has 1 fully saturated rings. The summed E-state index contributed by atoms with van der Waals surface area (Å²) in [5.41, 5.74) is 0.570. The van der Waals surface area contributed by atoms with E-state index in [0.717, 1.165) is 13.1 Å². The lowest BCUT2D eigenvalue weighted by atomic mass is 10.1. The standard InChI is InChI=1S/C15H21N3O3/c1-11-10-17(2)8-9-18(11)15(21)16-13(14(19)20)12-6-4-3-5-7-12/h3-7,11,13H,8-10H2,1-2H3,(H,16,21)(H,19,20). The van der Waals surface area contributed by atoms with Crippen molar-refractivity contribution in [1.82, 2.24) is 15.1 Å². The molecular formula is C15H21N3O3. The fraction of sp³-hybridized carbons (Fsp3) is 0.467. The molecule has 1 aliphatic rings. The van der Waals surface area contributed by atoms with Gasteiger partial charge in [-0.3, -0.25) is 0 Å². The van der Waals surface area contributed by atoms with Crippen molar-refractivity contribution < 1.29 is 14.7 Å². The molecule has 114 valence electrons. The Hall–Kier alpha value is -2.08. The lowest BCUT2D eigenvalue weighted by molar-refractivity contribution is -0.139. The van der Waals surface area contributed by atoms with Crippen molar-refractivity contribution in [3.05, 3.63) is 35.9 Å². The van der Waals surface area contributed by atoms with Crippen LogP contribution in [0.1, 0.15) is 18.5 Å². The summed E-state index contributed by atoms with van der Waals surface area (Å²) in [5.74, 6) is -1.06. The van der Waals surface area contributed by atoms with Crippen LogP contribution in [0.25, 0.3) is 0 Å². The lowest BCUT2D eigenvalue weighted by Crippen LogP contribution is -2.56. The molecule has 21 heavy (non-hydrogen) atoms. The minimum Gasteiger partial charge on any atom is -0.479 e. The normalized spacial score (nSPS) is 20.9. The summed E-state index contributed by atoms with van der Waals surface area (Å²) in [7, 11) is 2.01. The molecule has 1 heterocycles. The quantitative estimate of drug-likeness (QED) is 0.876. The summed E-state index contributed by atoms with van der Waals surface area (Å²) in [4.78, 5) is 27.6. The Morgan fingerprint density at radius 1 is 1.29 bits per heavy atom. The lowest BCUT2D eigenvalue weighted by Gasteiger charge is -2.38. The van der Waals surface area contributed by atoms with Crippen molar-refractivity contribution in [2.45, 2.75) is 19.0 Å². The Labute approximate surface area is 124 Å². The van der Waals surface area contributed by atoms with Crippen LogP contribution >= 0.6 is 0 Å². The Morgan fingerprint density at radius 3 is 2.52 bits per heavy atom. The average molecular weight is 291 g/mol. The minimum absolute atomic E-state index is 0.0639. The van der Waals surface area contributed by atoms with E-state index in [1.807, 2.05) is 20.0 Å². The van der Waals surface area contributed by atoms with E-state index in [1.165, 1.54) is 0 Å². The molecule has 0 aliphatic carbocycles. The van der Waals surface area contributed by atoms with E-state index in [0.29, 0.717) is 12.1 Å². The summed E-state index contributed by atoms with van der Waals surface area (Å²) in [6, 6.07) is 7.45. The number of benzene rings is 1. The zero-order valence-corrected chi connectivity index (χ0v) is 12.3. The topological polar surface area (TPSA) is 72.9 Å². The van der Waals surface area contributed by atoms with Gasteiger partial charge in [-0.25, -0.2) is 9.59 Å². The number of likely N-dealkylation sites (N-methyl/N-ethyl adjacent to an activating group) is 1. The molecule has 6 nitrogen and oxygen atoms in total. The van der Waals surface area contributed by atoms with Crippen LogP contribution in [-0.2, 0) is 4.79 Å². The average Bonchev–Trinajstić information content (AvgIpc) is 2.45. The van der Waals surface area contributed by atoms with Crippen molar-refractivity contribution in [2.24, 2.45) is 0 Å². The smallest absolute Gasteiger partial charge is 0.330 e. The fourth-order valence-corrected chi connectivity index (χ4v) is 2.58. The number of nitrogens with zero attached hydrogens (tertiary/aromatic N) is 2. The number of rotatable bonds is 3. The van der Waals surface area contributed by atoms with Gasteiger partial charge in [-0.1, -0.05) is 30.3 Å². The Balaban J connectivity index is 2.07. The van der Waals surface area contributed by atoms with E-state index in [9.17, 15) is 14.7 Å². The summed E-state index contributed by atoms with van der Waals surface area (Å²) < 4.78 is 0. The molecule has 1 aromatic rings. The van der Waals surface area contributed by atoms with Crippen LogP contribution in [0.4, 0.5) is 4.79 Å². The number of aliphatic carboxylic acids is 1. The molecule has 0 spiro atoms. The number of piperazine rings is 1. The third-order valence-corrected chi connectivity index (χ3v) is 3.74. The minimum atomic E-state index is -1.06. The monoisotopic (exact) mass is 291 g/mol.